The monoisotopic (exact) mass is 572 g/mol. The molecular formula is C32H32N2O8. The molecule has 0 fully saturated rings. The molecule has 10 nitrogen and oxygen atoms in total. The number of hydroxylamine groups is 2. The fourth-order valence-electron chi connectivity index (χ4n) is 5.19. The molecule has 1 unspecified atom stereocenters. The van der Waals surface area contributed by atoms with E-state index in [9.17, 15) is 24.3 Å². The maximum atomic E-state index is 12.9. The van der Waals surface area contributed by atoms with Crippen molar-refractivity contribution in [1.29, 1.82) is 0 Å². The maximum Gasteiger partial charge on any atom is 0.407 e. The Hall–Kier alpha value is -4.70. The molecule has 3 aromatic rings. The van der Waals surface area contributed by atoms with Gasteiger partial charge in [0.1, 0.15) is 18.2 Å². The Labute approximate surface area is 243 Å². The molecule has 1 aliphatic carbocycles. The lowest BCUT2D eigenvalue weighted by molar-refractivity contribution is -0.208. The van der Waals surface area contributed by atoms with Gasteiger partial charge in [0.15, 0.2) is 6.23 Å². The van der Waals surface area contributed by atoms with Gasteiger partial charge in [-0.1, -0.05) is 66.7 Å². The summed E-state index contributed by atoms with van der Waals surface area (Å²) in [6.07, 6.45) is -2.84. The number of amides is 2. The number of hydrogen-bond acceptors (Lipinski definition) is 8. The second kappa shape index (κ2) is 11.7. The highest BCUT2D eigenvalue weighted by molar-refractivity contribution is 5.98. The number of aliphatic hydroxyl groups is 1. The third-order valence-corrected chi connectivity index (χ3v) is 7.06. The first-order chi connectivity index (χ1) is 20.0. The van der Waals surface area contributed by atoms with Crippen LogP contribution in [0.3, 0.4) is 0 Å². The summed E-state index contributed by atoms with van der Waals surface area (Å²) in [5.74, 6) is -2.47. The highest BCUT2D eigenvalue weighted by Gasteiger charge is 2.39. The van der Waals surface area contributed by atoms with Gasteiger partial charge in [0.25, 0.3) is 5.91 Å². The number of rotatable bonds is 8. The second-order valence-corrected chi connectivity index (χ2v) is 11.1. The Morgan fingerprint density at radius 2 is 1.43 bits per heavy atom. The van der Waals surface area contributed by atoms with Crippen LogP contribution in [-0.4, -0.2) is 52.4 Å². The highest BCUT2D eigenvalue weighted by Crippen LogP contribution is 2.44. The van der Waals surface area contributed by atoms with Gasteiger partial charge in [-0.2, -0.15) is 0 Å². The van der Waals surface area contributed by atoms with Crippen molar-refractivity contribution in [3.05, 3.63) is 95.1 Å². The van der Waals surface area contributed by atoms with E-state index in [0.29, 0.717) is 10.6 Å². The van der Waals surface area contributed by atoms with E-state index in [4.69, 9.17) is 14.3 Å². The topological polar surface area (TPSA) is 131 Å². The number of nitrogens with zero attached hydrogens (tertiary/aromatic N) is 1. The molecule has 1 heterocycles. The van der Waals surface area contributed by atoms with Gasteiger partial charge in [-0.15, -0.1) is 5.06 Å². The molecule has 0 radical (unpaired) electrons. The number of carbonyl (C=O) groups is 4. The number of benzene rings is 3. The van der Waals surface area contributed by atoms with Gasteiger partial charge < -0.3 is 24.7 Å². The quantitative estimate of drug-likeness (QED) is 0.374. The van der Waals surface area contributed by atoms with Crippen molar-refractivity contribution in [2.24, 2.45) is 0 Å². The Kier molecular flexibility index (Phi) is 8.00. The molecular weight excluding hydrogens is 540 g/mol. The predicted octanol–water partition coefficient (Wildman–Crippen LogP) is 4.62. The SMILES string of the molecule is CC(C)(C)OC(=O)[C@H](CCC(=O)ON1C(=O)c2ccccc2C1O)NC(=O)OCC1c2ccccc2-c2ccccc21. The first kappa shape index (κ1) is 28.8. The molecule has 1 aliphatic heterocycles. The van der Waals surface area contributed by atoms with Crippen molar-refractivity contribution < 1.29 is 38.6 Å². The summed E-state index contributed by atoms with van der Waals surface area (Å²) in [5.41, 5.74) is 3.93. The summed E-state index contributed by atoms with van der Waals surface area (Å²) in [6, 6.07) is 21.0. The summed E-state index contributed by atoms with van der Waals surface area (Å²) >= 11 is 0. The van der Waals surface area contributed by atoms with E-state index in [0.717, 1.165) is 22.3 Å². The summed E-state index contributed by atoms with van der Waals surface area (Å²) < 4.78 is 11.0. The number of ether oxygens (including phenoxy) is 2. The molecule has 2 atom stereocenters. The van der Waals surface area contributed by atoms with Crippen LogP contribution in [0.25, 0.3) is 11.1 Å². The Balaban J connectivity index is 1.21. The van der Waals surface area contributed by atoms with Gasteiger partial charge in [-0.05, 0) is 55.5 Å². The van der Waals surface area contributed by atoms with E-state index in [-0.39, 0.29) is 30.9 Å². The zero-order valence-electron chi connectivity index (χ0n) is 23.5. The molecule has 0 spiro atoms. The minimum atomic E-state index is -1.45. The summed E-state index contributed by atoms with van der Waals surface area (Å²) in [5, 5.41) is 13.5. The molecule has 2 aliphatic rings. The van der Waals surface area contributed by atoms with Crippen LogP contribution in [-0.2, 0) is 23.9 Å². The van der Waals surface area contributed by atoms with E-state index in [2.05, 4.69) is 5.32 Å². The van der Waals surface area contributed by atoms with Crippen molar-refractivity contribution in [2.75, 3.05) is 6.61 Å². The van der Waals surface area contributed by atoms with E-state index in [1.165, 1.54) is 6.07 Å². The Morgan fingerprint density at radius 1 is 0.881 bits per heavy atom. The van der Waals surface area contributed by atoms with Crippen molar-refractivity contribution in [2.45, 2.75) is 57.4 Å². The van der Waals surface area contributed by atoms with Crippen LogP contribution >= 0.6 is 0 Å². The first-order valence-corrected chi connectivity index (χ1v) is 13.7. The molecule has 2 amide bonds. The average molecular weight is 573 g/mol. The van der Waals surface area contributed by atoms with Gasteiger partial charge in [0.2, 0.25) is 0 Å². The number of alkyl carbamates (subject to hydrolysis) is 1. The molecule has 42 heavy (non-hydrogen) atoms. The van der Waals surface area contributed by atoms with Gasteiger partial charge in [0.05, 0.1) is 12.0 Å². The molecule has 5 rings (SSSR count). The number of fused-ring (bicyclic) bond motifs is 4. The lowest BCUT2D eigenvalue weighted by Crippen LogP contribution is -2.45. The normalized spacial score (nSPS) is 16.2. The Morgan fingerprint density at radius 3 is 2.00 bits per heavy atom. The molecule has 2 N–H and O–H groups in total. The van der Waals surface area contributed by atoms with Gasteiger partial charge in [-0.25, -0.2) is 14.4 Å². The standard InChI is InChI=1S/C32H32N2O8/c1-32(2,3)41-30(38)26(16-17-27(35)42-34-28(36)23-14-8-9-15-24(23)29(34)37)33-31(39)40-18-25-21-12-6-4-10-19(21)20-11-5-7-13-22(20)25/h4-15,25-26,28,36H,16-18H2,1-3H3,(H,33,39)/t26-,28?/m0/s1. The molecule has 218 valence electrons. The molecule has 0 saturated heterocycles. The number of aliphatic hydroxyl groups excluding tert-OH is 1. The van der Waals surface area contributed by atoms with Gasteiger partial charge >= 0.3 is 18.0 Å². The highest BCUT2D eigenvalue weighted by atomic mass is 16.7. The summed E-state index contributed by atoms with van der Waals surface area (Å²) in [6.45, 7) is 5.09. The number of esters is 1. The summed E-state index contributed by atoms with van der Waals surface area (Å²) in [4.78, 5) is 56.2. The fraction of sp³-hybridized carbons (Fsp3) is 0.312. The Bertz CT molecular complexity index is 1480. The van der Waals surface area contributed by atoms with E-state index in [1.54, 1.807) is 39.0 Å². The lowest BCUT2D eigenvalue weighted by atomic mass is 9.98. The summed E-state index contributed by atoms with van der Waals surface area (Å²) in [7, 11) is 0. The number of hydrogen-bond donors (Lipinski definition) is 2. The molecule has 0 bridgehead atoms. The minimum Gasteiger partial charge on any atom is -0.458 e. The van der Waals surface area contributed by atoms with Crippen molar-refractivity contribution in [3.63, 3.8) is 0 Å². The van der Waals surface area contributed by atoms with Crippen molar-refractivity contribution >= 4 is 23.9 Å². The predicted molar refractivity (Wildman–Crippen MR) is 151 cm³/mol. The lowest BCUT2D eigenvalue weighted by Gasteiger charge is -2.25. The number of carbonyl (C=O) groups excluding carboxylic acids is 4. The van der Waals surface area contributed by atoms with Crippen LogP contribution < -0.4 is 5.32 Å². The third kappa shape index (κ3) is 5.99. The second-order valence-electron chi connectivity index (χ2n) is 11.1. The van der Waals surface area contributed by atoms with Crippen LogP contribution in [0.15, 0.2) is 72.8 Å². The third-order valence-electron chi connectivity index (χ3n) is 7.06. The van der Waals surface area contributed by atoms with Gasteiger partial charge in [0, 0.05) is 11.5 Å². The van der Waals surface area contributed by atoms with Crippen LogP contribution in [0.4, 0.5) is 4.79 Å². The van der Waals surface area contributed by atoms with Crippen LogP contribution in [0, 0.1) is 0 Å². The first-order valence-electron chi connectivity index (χ1n) is 13.7. The van der Waals surface area contributed by atoms with Crippen LogP contribution in [0.1, 0.15) is 72.8 Å². The van der Waals surface area contributed by atoms with E-state index < -0.39 is 41.8 Å². The molecule has 0 aromatic heterocycles. The van der Waals surface area contributed by atoms with Gasteiger partial charge in [-0.3, -0.25) is 4.79 Å². The molecule has 10 heteroatoms. The van der Waals surface area contributed by atoms with E-state index >= 15 is 0 Å². The van der Waals surface area contributed by atoms with Crippen molar-refractivity contribution in [1.82, 2.24) is 10.4 Å². The fourth-order valence-corrected chi connectivity index (χ4v) is 5.19. The zero-order chi connectivity index (χ0) is 30.0. The zero-order valence-corrected chi connectivity index (χ0v) is 23.5. The maximum absolute atomic E-state index is 12.9. The average Bonchev–Trinajstić information content (AvgIpc) is 3.40. The molecule has 0 saturated carbocycles. The number of nitrogens with one attached hydrogen (secondary N) is 1. The molecule has 3 aromatic carbocycles. The van der Waals surface area contributed by atoms with Crippen LogP contribution in [0.2, 0.25) is 0 Å². The van der Waals surface area contributed by atoms with Crippen molar-refractivity contribution in [3.8, 4) is 11.1 Å². The van der Waals surface area contributed by atoms with E-state index in [1.807, 2.05) is 48.5 Å². The minimum absolute atomic E-state index is 0.0401. The van der Waals surface area contributed by atoms with Crippen LogP contribution in [0.5, 0.6) is 0 Å². The largest absolute Gasteiger partial charge is 0.458 e. The smallest absolute Gasteiger partial charge is 0.407 e.